The van der Waals surface area contributed by atoms with Crippen molar-refractivity contribution >= 4 is 44.2 Å². The number of hydrogen-bond donors (Lipinski definition) is 1. The number of fused-ring (bicyclic) bond motifs is 1. The van der Waals surface area contributed by atoms with Gasteiger partial charge in [-0.3, -0.25) is 9.59 Å². The second-order valence-electron chi connectivity index (χ2n) is 8.39. The second-order valence-corrected chi connectivity index (χ2v) is 10.9. The fourth-order valence-corrected chi connectivity index (χ4v) is 5.05. The quantitative estimate of drug-likeness (QED) is 0.441. The Labute approximate surface area is 211 Å². The monoisotopic (exact) mass is 515 g/mol. The first kappa shape index (κ1) is 26.7. The van der Waals surface area contributed by atoms with Crippen LogP contribution in [0, 0.1) is 0 Å². The highest BCUT2D eigenvalue weighted by Gasteiger charge is 2.30. The minimum Gasteiger partial charge on any atom is -0.354 e. The Balaban J connectivity index is 1.84. The van der Waals surface area contributed by atoms with E-state index in [1.54, 1.807) is 43.3 Å². The second kappa shape index (κ2) is 11.7. The van der Waals surface area contributed by atoms with Gasteiger partial charge in [0.05, 0.1) is 11.4 Å². The first-order chi connectivity index (χ1) is 16.6. The van der Waals surface area contributed by atoms with E-state index in [-0.39, 0.29) is 17.3 Å². The third-order valence-electron chi connectivity index (χ3n) is 5.75. The first-order valence-corrected chi connectivity index (χ1v) is 13.2. The maximum atomic E-state index is 13.4. The molecule has 1 unspecified atom stereocenters. The molecular formula is C26H30ClN3O4S. The van der Waals surface area contributed by atoms with Crippen LogP contribution in [0.15, 0.2) is 71.6 Å². The van der Waals surface area contributed by atoms with E-state index in [1.807, 2.05) is 31.2 Å². The third-order valence-corrected chi connectivity index (χ3v) is 7.78. The number of likely N-dealkylation sites (N-methyl/N-ethyl adjacent to an activating group) is 1. The summed E-state index contributed by atoms with van der Waals surface area (Å²) in [7, 11) is -2.57. The van der Waals surface area contributed by atoms with Gasteiger partial charge in [0.25, 0.3) is 0 Å². The molecule has 0 fully saturated rings. The Bertz CT molecular complexity index is 1310. The molecule has 0 aliphatic heterocycles. The lowest BCUT2D eigenvalue weighted by Crippen LogP contribution is -2.50. The zero-order chi connectivity index (χ0) is 25.6. The maximum absolute atomic E-state index is 13.4. The molecule has 186 valence electrons. The molecule has 3 aromatic carbocycles. The highest BCUT2D eigenvalue weighted by molar-refractivity contribution is 7.89. The predicted molar refractivity (Wildman–Crippen MR) is 139 cm³/mol. The van der Waals surface area contributed by atoms with Crippen LogP contribution in [0.3, 0.4) is 0 Å². The standard InChI is InChI=1S/C26H30ClN3O4S/c1-4-14-28-26(32)19(2)30(17-20-8-7-11-23(27)15-20)25(31)18-29(3)35(33,34)24-13-12-21-9-5-6-10-22(21)16-24/h5-13,15-16,19H,4,14,17-18H2,1-3H3,(H,28,32). The molecule has 0 heterocycles. The van der Waals surface area contributed by atoms with Crippen molar-refractivity contribution in [3.8, 4) is 0 Å². The van der Waals surface area contributed by atoms with Crippen molar-refractivity contribution < 1.29 is 18.0 Å². The summed E-state index contributed by atoms with van der Waals surface area (Å²) in [5.41, 5.74) is 0.737. The van der Waals surface area contributed by atoms with Crippen molar-refractivity contribution in [3.63, 3.8) is 0 Å². The Hall–Kier alpha value is -2.94. The number of halogens is 1. The van der Waals surface area contributed by atoms with E-state index in [0.29, 0.717) is 11.6 Å². The van der Waals surface area contributed by atoms with E-state index in [0.717, 1.165) is 27.1 Å². The van der Waals surface area contributed by atoms with E-state index >= 15 is 0 Å². The van der Waals surface area contributed by atoms with Crippen LogP contribution in [-0.2, 0) is 26.2 Å². The van der Waals surface area contributed by atoms with Crippen LogP contribution in [-0.4, -0.2) is 55.6 Å². The molecule has 0 aliphatic carbocycles. The highest BCUT2D eigenvalue weighted by atomic mass is 35.5. The molecule has 0 saturated heterocycles. The SMILES string of the molecule is CCCNC(=O)C(C)N(Cc1cccc(Cl)c1)C(=O)CN(C)S(=O)(=O)c1ccc2ccccc2c1. The van der Waals surface area contributed by atoms with Gasteiger partial charge < -0.3 is 10.2 Å². The van der Waals surface area contributed by atoms with Crippen molar-refractivity contribution in [1.82, 2.24) is 14.5 Å². The van der Waals surface area contributed by atoms with Crippen LogP contribution in [0.1, 0.15) is 25.8 Å². The van der Waals surface area contributed by atoms with Gasteiger partial charge in [-0.1, -0.05) is 61.0 Å². The number of nitrogens with zero attached hydrogens (tertiary/aromatic N) is 2. The number of benzene rings is 3. The molecule has 0 aromatic heterocycles. The van der Waals surface area contributed by atoms with Gasteiger partial charge in [0, 0.05) is 25.2 Å². The average Bonchev–Trinajstić information content (AvgIpc) is 2.84. The summed E-state index contributed by atoms with van der Waals surface area (Å²) in [4.78, 5) is 27.5. The molecule has 7 nitrogen and oxygen atoms in total. The Morgan fingerprint density at radius 2 is 1.71 bits per heavy atom. The molecule has 0 aliphatic rings. The van der Waals surface area contributed by atoms with Gasteiger partial charge in [0.1, 0.15) is 6.04 Å². The first-order valence-electron chi connectivity index (χ1n) is 11.4. The van der Waals surface area contributed by atoms with Crippen molar-refractivity contribution in [3.05, 3.63) is 77.3 Å². The van der Waals surface area contributed by atoms with Crippen LogP contribution in [0.4, 0.5) is 0 Å². The summed E-state index contributed by atoms with van der Waals surface area (Å²) in [6, 6.07) is 18.5. The summed E-state index contributed by atoms with van der Waals surface area (Å²) in [5, 5.41) is 5.02. The molecule has 0 bridgehead atoms. The number of rotatable bonds is 10. The highest BCUT2D eigenvalue weighted by Crippen LogP contribution is 2.22. The van der Waals surface area contributed by atoms with Gasteiger partial charge in [-0.2, -0.15) is 4.31 Å². The third kappa shape index (κ3) is 6.60. The smallest absolute Gasteiger partial charge is 0.243 e. The minimum atomic E-state index is -3.93. The van der Waals surface area contributed by atoms with Gasteiger partial charge >= 0.3 is 0 Å². The van der Waals surface area contributed by atoms with Crippen molar-refractivity contribution in [2.24, 2.45) is 0 Å². The molecule has 1 N–H and O–H groups in total. The van der Waals surface area contributed by atoms with Gasteiger partial charge in [-0.25, -0.2) is 8.42 Å². The number of hydrogen-bond acceptors (Lipinski definition) is 4. The molecule has 1 atom stereocenters. The molecule has 9 heteroatoms. The van der Waals surface area contributed by atoms with Gasteiger partial charge in [-0.05, 0) is 53.9 Å². The molecule has 0 saturated carbocycles. The van der Waals surface area contributed by atoms with Crippen LogP contribution < -0.4 is 5.32 Å². The van der Waals surface area contributed by atoms with Crippen molar-refractivity contribution in [2.45, 2.75) is 37.8 Å². The van der Waals surface area contributed by atoms with E-state index < -0.39 is 28.5 Å². The van der Waals surface area contributed by atoms with Crippen LogP contribution >= 0.6 is 11.6 Å². The zero-order valence-corrected chi connectivity index (χ0v) is 21.6. The summed E-state index contributed by atoms with van der Waals surface area (Å²) >= 11 is 6.10. The maximum Gasteiger partial charge on any atom is 0.243 e. The van der Waals surface area contributed by atoms with Gasteiger partial charge in [0.2, 0.25) is 21.8 Å². The minimum absolute atomic E-state index is 0.0987. The van der Waals surface area contributed by atoms with Gasteiger partial charge in [-0.15, -0.1) is 0 Å². The molecule has 3 aromatic rings. The lowest BCUT2D eigenvalue weighted by atomic mass is 10.1. The number of carbonyl (C=O) groups excluding carboxylic acids is 2. The molecule has 0 radical (unpaired) electrons. The molecule has 2 amide bonds. The summed E-state index contributed by atoms with van der Waals surface area (Å²) < 4.78 is 27.5. The predicted octanol–water partition coefficient (Wildman–Crippen LogP) is 4.06. The Morgan fingerprint density at radius 3 is 2.40 bits per heavy atom. The zero-order valence-electron chi connectivity index (χ0n) is 20.1. The number of amides is 2. The molecule has 35 heavy (non-hydrogen) atoms. The number of carbonyl (C=O) groups is 2. The fraction of sp³-hybridized carbons (Fsp3) is 0.308. The topological polar surface area (TPSA) is 86.8 Å². The number of sulfonamides is 1. The van der Waals surface area contributed by atoms with E-state index in [9.17, 15) is 18.0 Å². The summed E-state index contributed by atoms with van der Waals surface area (Å²) in [6.45, 7) is 3.75. The van der Waals surface area contributed by atoms with Crippen molar-refractivity contribution in [1.29, 1.82) is 0 Å². The number of nitrogens with one attached hydrogen (secondary N) is 1. The lowest BCUT2D eigenvalue weighted by molar-refractivity contribution is -0.140. The van der Waals surface area contributed by atoms with Gasteiger partial charge in [0.15, 0.2) is 0 Å². The van der Waals surface area contributed by atoms with Crippen LogP contribution in [0.5, 0.6) is 0 Å². The lowest BCUT2D eigenvalue weighted by Gasteiger charge is -2.30. The van der Waals surface area contributed by atoms with E-state index in [2.05, 4.69) is 5.32 Å². The molecular weight excluding hydrogens is 486 g/mol. The van der Waals surface area contributed by atoms with Crippen LogP contribution in [0.25, 0.3) is 10.8 Å². The van der Waals surface area contributed by atoms with Crippen LogP contribution in [0.2, 0.25) is 5.02 Å². The molecule has 3 rings (SSSR count). The van der Waals surface area contributed by atoms with E-state index in [4.69, 9.17) is 11.6 Å². The molecule has 0 spiro atoms. The fourth-order valence-electron chi connectivity index (χ4n) is 3.68. The summed E-state index contributed by atoms with van der Waals surface area (Å²) in [6.07, 6.45) is 0.757. The Kier molecular flexibility index (Phi) is 8.88. The van der Waals surface area contributed by atoms with Crippen molar-refractivity contribution in [2.75, 3.05) is 20.1 Å². The Morgan fingerprint density at radius 1 is 1.00 bits per heavy atom. The van der Waals surface area contributed by atoms with E-state index in [1.165, 1.54) is 18.0 Å². The normalized spacial score (nSPS) is 12.5. The average molecular weight is 516 g/mol. The summed E-state index contributed by atoms with van der Waals surface area (Å²) in [5.74, 6) is -0.793. The largest absolute Gasteiger partial charge is 0.354 e.